The summed E-state index contributed by atoms with van der Waals surface area (Å²) in [7, 11) is 0. The van der Waals surface area contributed by atoms with E-state index in [0.29, 0.717) is 23.2 Å². The summed E-state index contributed by atoms with van der Waals surface area (Å²) in [6.07, 6.45) is 1.91. The second kappa shape index (κ2) is 4.62. The van der Waals surface area contributed by atoms with E-state index in [1.54, 1.807) is 12.1 Å². The number of benzene rings is 1. The summed E-state index contributed by atoms with van der Waals surface area (Å²) in [5, 5.41) is 14.7. The van der Waals surface area contributed by atoms with Gasteiger partial charge in [0.2, 0.25) is 11.7 Å². The number of rotatable bonds is 3. The number of non-ortho nitro benzene ring substituents is 1. The molecule has 2 aromatic rings. The van der Waals surface area contributed by atoms with Crippen molar-refractivity contribution in [2.75, 3.05) is 0 Å². The second-order valence-corrected chi connectivity index (χ2v) is 6.68. The molecule has 8 heteroatoms. The number of nitro groups is 1. The van der Waals surface area contributed by atoms with E-state index in [4.69, 9.17) is 9.26 Å². The molecule has 0 N–H and O–H groups in total. The van der Waals surface area contributed by atoms with Crippen LogP contribution in [0.4, 0.5) is 5.69 Å². The molecular weight excluding hydrogens is 314 g/mol. The Balaban J connectivity index is 1.45. The van der Waals surface area contributed by atoms with Gasteiger partial charge in [-0.15, -0.1) is 0 Å². The third-order valence-electron chi connectivity index (χ3n) is 5.55. The third kappa shape index (κ3) is 1.76. The van der Waals surface area contributed by atoms with Gasteiger partial charge in [0.05, 0.1) is 16.8 Å². The molecule has 3 aliphatic rings. The van der Waals surface area contributed by atoms with Crippen molar-refractivity contribution >= 4 is 11.7 Å². The maximum Gasteiger partial charge on any atom is 0.310 e. The number of hydrogen-bond acceptors (Lipinski definition) is 7. The van der Waals surface area contributed by atoms with Crippen LogP contribution < -0.4 is 0 Å². The topological polar surface area (TPSA) is 108 Å². The first kappa shape index (κ1) is 13.6. The molecule has 2 aliphatic carbocycles. The average molecular weight is 327 g/mol. The standard InChI is InChI=1S/C16H13N3O5/c20-16-13-10-5-8(6-11(10)23-16)12(13)15-17-14(18-24-15)7-1-3-9(4-2-7)19(21)22/h1-4,8,10-13H,5-6H2/t8-,10-,11-,12+,13-/m1/s1. The first-order valence-corrected chi connectivity index (χ1v) is 7.91. The van der Waals surface area contributed by atoms with Gasteiger partial charge in [0, 0.05) is 23.6 Å². The molecule has 5 rings (SSSR count). The highest BCUT2D eigenvalue weighted by atomic mass is 16.6. The van der Waals surface area contributed by atoms with Crippen LogP contribution in [0.25, 0.3) is 11.4 Å². The Morgan fingerprint density at radius 2 is 1.96 bits per heavy atom. The van der Waals surface area contributed by atoms with Crippen LogP contribution in [-0.4, -0.2) is 27.1 Å². The number of fused-ring (bicyclic) bond motifs is 1. The molecule has 2 bridgehead atoms. The molecule has 24 heavy (non-hydrogen) atoms. The molecule has 0 unspecified atom stereocenters. The summed E-state index contributed by atoms with van der Waals surface area (Å²) in [6.45, 7) is 0. The third-order valence-corrected chi connectivity index (χ3v) is 5.55. The van der Waals surface area contributed by atoms with Crippen LogP contribution in [0.5, 0.6) is 0 Å². The maximum atomic E-state index is 12.1. The predicted octanol–water partition coefficient (Wildman–Crippen LogP) is 2.31. The summed E-state index contributed by atoms with van der Waals surface area (Å²) < 4.78 is 10.9. The highest BCUT2D eigenvalue weighted by molar-refractivity contribution is 5.78. The zero-order valence-electron chi connectivity index (χ0n) is 12.5. The molecule has 8 nitrogen and oxygen atoms in total. The number of nitro benzene ring substituents is 1. The molecule has 1 saturated heterocycles. The molecule has 1 aliphatic heterocycles. The molecule has 2 saturated carbocycles. The second-order valence-electron chi connectivity index (χ2n) is 6.68. The fourth-order valence-corrected chi connectivity index (χ4v) is 4.56. The lowest BCUT2D eigenvalue weighted by atomic mass is 9.80. The van der Waals surface area contributed by atoms with E-state index >= 15 is 0 Å². The van der Waals surface area contributed by atoms with Crippen molar-refractivity contribution in [1.82, 2.24) is 10.1 Å². The number of ether oxygens (including phenoxy) is 1. The maximum absolute atomic E-state index is 12.1. The summed E-state index contributed by atoms with van der Waals surface area (Å²) in [5.41, 5.74) is 0.654. The minimum absolute atomic E-state index is 0.00955. The summed E-state index contributed by atoms with van der Waals surface area (Å²) in [5.74, 6) is 1.09. The quantitative estimate of drug-likeness (QED) is 0.483. The molecule has 5 atom stereocenters. The van der Waals surface area contributed by atoms with Crippen molar-refractivity contribution in [3.63, 3.8) is 0 Å². The molecular formula is C16H13N3O5. The lowest BCUT2D eigenvalue weighted by Gasteiger charge is -2.20. The average Bonchev–Trinajstić information content (AvgIpc) is 3.30. The van der Waals surface area contributed by atoms with Crippen molar-refractivity contribution in [2.45, 2.75) is 24.9 Å². The van der Waals surface area contributed by atoms with Crippen LogP contribution in [0, 0.1) is 27.9 Å². The number of nitrogens with zero attached hydrogens (tertiary/aromatic N) is 3. The SMILES string of the molecule is O=C1O[C@@H]2C[C@H]3C[C@H]2[C@@H]1[C@H]3c1nc(-c2ccc([N+](=O)[O-])cc2)no1. The Hall–Kier alpha value is -2.77. The van der Waals surface area contributed by atoms with E-state index < -0.39 is 4.92 Å². The predicted molar refractivity (Wildman–Crippen MR) is 78.7 cm³/mol. The van der Waals surface area contributed by atoms with Crippen LogP contribution in [0.3, 0.4) is 0 Å². The van der Waals surface area contributed by atoms with Gasteiger partial charge in [-0.3, -0.25) is 14.9 Å². The summed E-state index contributed by atoms with van der Waals surface area (Å²) >= 11 is 0. The van der Waals surface area contributed by atoms with Gasteiger partial charge in [0.15, 0.2) is 0 Å². The number of hydrogen-bond donors (Lipinski definition) is 0. The van der Waals surface area contributed by atoms with E-state index in [2.05, 4.69) is 10.1 Å². The molecule has 3 fully saturated rings. The summed E-state index contributed by atoms with van der Waals surface area (Å²) in [4.78, 5) is 26.8. The molecule has 2 heterocycles. The molecule has 0 radical (unpaired) electrons. The normalized spacial score (nSPS) is 33.0. The van der Waals surface area contributed by atoms with E-state index in [1.807, 2.05) is 0 Å². The zero-order chi connectivity index (χ0) is 16.4. The van der Waals surface area contributed by atoms with Crippen LogP contribution in [0.2, 0.25) is 0 Å². The van der Waals surface area contributed by atoms with Gasteiger partial charge in [-0.25, -0.2) is 0 Å². The van der Waals surface area contributed by atoms with Crippen molar-refractivity contribution < 1.29 is 19.0 Å². The zero-order valence-corrected chi connectivity index (χ0v) is 12.5. The molecule has 122 valence electrons. The first-order chi connectivity index (χ1) is 11.6. The van der Waals surface area contributed by atoms with Crippen LogP contribution in [0.15, 0.2) is 28.8 Å². The van der Waals surface area contributed by atoms with E-state index in [-0.39, 0.29) is 35.5 Å². The van der Waals surface area contributed by atoms with Crippen molar-refractivity contribution in [2.24, 2.45) is 17.8 Å². The Morgan fingerprint density at radius 1 is 1.17 bits per heavy atom. The van der Waals surface area contributed by atoms with Gasteiger partial charge in [0.25, 0.3) is 5.69 Å². The minimum atomic E-state index is -0.456. The van der Waals surface area contributed by atoms with Gasteiger partial charge in [0.1, 0.15) is 6.10 Å². The Morgan fingerprint density at radius 3 is 2.71 bits per heavy atom. The highest BCUT2D eigenvalue weighted by Crippen LogP contribution is 2.61. The van der Waals surface area contributed by atoms with Gasteiger partial charge in [-0.05, 0) is 30.9 Å². The van der Waals surface area contributed by atoms with Gasteiger partial charge >= 0.3 is 5.97 Å². The Bertz CT molecular complexity index is 844. The Labute approximate surface area is 136 Å². The van der Waals surface area contributed by atoms with Crippen molar-refractivity contribution in [3.8, 4) is 11.4 Å². The number of carbonyl (C=O) groups is 1. The number of carbonyl (C=O) groups excluding carboxylic acids is 1. The monoisotopic (exact) mass is 327 g/mol. The van der Waals surface area contributed by atoms with E-state index in [1.165, 1.54) is 12.1 Å². The van der Waals surface area contributed by atoms with Gasteiger partial charge in [-0.1, -0.05) is 5.16 Å². The van der Waals surface area contributed by atoms with Crippen LogP contribution in [0.1, 0.15) is 24.7 Å². The van der Waals surface area contributed by atoms with Crippen molar-refractivity contribution in [1.29, 1.82) is 0 Å². The number of esters is 1. The van der Waals surface area contributed by atoms with Gasteiger partial charge < -0.3 is 9.26 Å². The largest absolute Gasteiger partial charge is 0.462 e. The molecule has 1 aromatic carbocycles. The van der Waals surface area contributed by atoms with E-state index in [9.17, 15) is 14.9 Å². The van der Waals surface area contributed by atoms with Crippen LogP contribution in [-0.2, 0) is 9.53 Å². The fourth-order valence-electron chi connectivity index (χ4n) is 4.56. The molecule has 0 spiro atoms. The number of aromatic nitrogens is 2. The summed E-state index contributed by atoms with van der Waals surface area (Å²) in [6, 6.07) is 5.99. The Kier molecular flexibility index (Phi) is 2.63. The fraction of sp³-hybridized carbons (Fsp3) is 0.438. The highest BCUT2D eigenvalue weighted by Gasteiger charge is 2.63. The molecule has 1 aromatic heterocycles. The van der Waals surface area contributed by atoms with Gasteiger partial charge in [-0.2, -0.15) is 4.98 Å². The van der Waals surface area contributed by atoms with E-state index in [0.717, 1.165) is 12.8 Å². The smallest absolute Gasteiger partial charge is 0.310 e. The first-order valence-electron chi connectivity index (χ1n) is 7.91. The minimum Gasteiger partial charge on any atom is -0.462 e. The lowest BCUT2D eigenvalue weighted by molar-refractivity contribution is -0.384. The van der Waals surface area contributed by atoms with Crippen molar-refractivity contribution in [3.05, 3.63) is 40.3 Å². The lowest BCUT2D eigenvalue weighted by Crippen LogP contribution is -2.24. The molecule has 0 amide bonds. The van der Waals surface area contributed by atoms with Crippen LogP contribution >= 0.6 is 0 Å².